The van der Waals surface area contributed by atoms with E-state index in [0.717, 1.165) is 24.6 Å². The molecule has 4 heteroatoms. The van der Waals surface area contributed by atoms with Crippen molar-refractivity contribution in [3.63, 3.8) is 0 Å². The van der Waals surface area contributed by atoms with Gasteiger partial charge in [-0.3, -0.25) is 4.90 Å². The lowest BCUT2D eigenvalue weighted by Gasteiger charge is -2.25. The first-order chi connectivity index (χ1) is 9.79. The second-order valence-corrected chi connectivity index (χ2v) is 6.35. The van der Waals surface area contributed by atoms with Crippen molar-refractivity contribution >= 4 is 11.3 Å². The molecular weight excluding hydrogens is 270 g/mol. The molecule has 1 aromatic heterocycles. The van der Waals surface area contributed by atoms with Gasteiger partial charge in [-0.1, -0.05) is 18.2 Å². The third-order valence-corrected chi connectivity index (χ3v) is 4.55. The van der Waals surface area contributed by atoms with Gasteiger partial charge in [0.05, 0.1) is 6.10 Å². The maximum atomic E-state index is 9.62. The average molecular weight is 291 g/mol. The molecule has 1 aliphatic carbocycles. The zero-order chi connectivity index (χ0) is 13.8. The summed E-state index contributed by atoms with van der Waals surface area (Å²) in [6.45, 7) is 2.50. The van der Waals surface area contributed by atoms with E-state index in [-0.39, 0.29) is 12.2 Å². The van der Waals surface area contributed by atoms with E-state index in [2.05, 4.69) is 28.5 Å². The Morgan fingerprint density at radius 3 is 3.10 bits per heavy atom. The van der Waals surface area contributed by atoms with Gasteiger partial charge < -0.3 is 9.84 Å². The predicted octanol–water partition coefficient (Wildman–Crippen LogP) is 2.97. The Morgan fingerprint density at radius 2 is 2.30 bits per heavy atom. The molecule has 1 unspecified atom stereocenters. The Hall–Kier alpha value is -1.10. The first kappa shape index (κ1) is 13.9. The van der Waals surface area contributed by atoms with Crippen LogP contribution in [0.3, 0.4) is 0 Å². The maximum absolute atomic E-state index is 9.62. The lowest BCUT2D eigenvalue weighted by molar-refractivity contribution is 0.140. The average Bonchev–Trinajstić information content (AvgIpc) is 2.87. The van der Waals surface area contributed by atoms with Crippen LogP contribution in [0.15, 0.2) is 35.8 Å². The van der Waals surface area contributed by atoms with Crippen LogP contribution in [0.5, 0.6) is 5.06 Å². The molecule has 3 rings (SSSR count). The number of β-amino-alcohol motifs (C(OH)–C–C–N with tert-alkyl or cyclic N) is 1. The summed E-state index contributed by atoms with van der Waals surface area (Å²) in [6.07, 6.45) is 11.7. The number of allylic oxidation sites excluding steroid dienone is 1. The summed E-state index contributed by atoms with van der Waals surface area (Å²) in [5, 5.41) is 12.8. The van der Waals surface area contributed by atoms with Crippen molar-refractivity contribution in [1.29, 1.82) is 0 Å². The summed E-state index contributed by atoms with van der Waals surface area (Å²) in [7, 11) is 0. The van der Waals surface area contributed by atoms with Gasteiger partial charge in [-0.2, -0.15) is 0 Å². The van der Waals surface area contributed by atoms with Gasteiger partial charge in [0.1, 0.15) is 6.10 Å². The van der Waals surface area contributed by atoms with Crippen LogP contribution in [-0.2, 0) is 6.54 Å². The number of hydrogen-bond acceptors (Lipinski definition) is 4. The number of ether oxygens (including phenoxy) is 1. The zero-order valence-electron chi connectivity index (χ0n) is 11.6. The fourth-order valence-electron chi connectivity index (χ4n) is 2.68. The van der Waals surface area contributed by atoms with E-state index in [0.29, 0.717) is 6.54 Å². The molecule has 2 atom stereocenters. The Kier molecular flexibility index (Phi) is 4.55. The second kappa shape index (κ2) is 6.57. The highest BCUT2D eigenvalue weighted by atomic mass is 32.1. The van der Waals surface area contributed by atoms with Gasteiger partial charge in [0.25, 0.3) is 0 Å². The Labute approximate surface area is 124 Å². The van der Waals surface area contributed by atoms with E-state index in [1.807, 2.05) is 12.2 Å². The molecule has 0 saturated carbocycles. The molecule has 1 aromatic rings. The first-order valence-electron chi connectivity index (χ1n) is 7.27. The van der Waals surface area contributed by atoms with Crippen LogP contribution in [0.1, 0.15) is 24.8 Å². The lowest BCUT2D eigenvalue weighted by atomic mass is 10.1. The van der Waals surface area contributed by atoms with Crippen LogP contribution in [-0.4, -0.2) is 35.3 Å². The number of rotatable bonds is 4. The highest BCUT2D eigenvalue weighted by Crippen LogP contribution is 2.27. The van der Waals surface area contributed by atoms with E-state index in [1.165, 1.54) is 18.4 Å². The normalized spacial score (nSPS) is 26.9. The fourth-order valence-corrected chi connectivity index (χ4v) is 3.49. The number of hydrogen-bond donors (Lipinski definition) is 1. The number of thiophene rings is 1. The molecule has 0 radical (unpaired) electrons. The van der Waals surface area contributed by atoms with Gasteiger partial charge >= 0.3 is 0 Å². The molecule has 0 bridgehead atoms. The van der Waals surface area contributed by atoms with Crippen LogP contribution < -0.4 is 4.74 Å². The minimum absolute atomic E-state index is 0.245. The van der Waals surface area contributed by atoms with E-state index in [9.17, 15) is 5.11 Å². The molecule has 0 amide bonds. The third kappa shape index (κ3) is 3.72. The smallest absolute Gasteiger partial charge is 0.174 e. The molecule has 1 N–H and O–H groups in total. The van der Waals surface area contributed by atoms with Gasteiger partial charge in [0.15, 0.2) is 5.06 Å². The summed E-state index contributed by atoms with van der Waals surface area (Å²) in [5.74, 6) is 0. The van der Waals surface area contributed by atoms with Crippen LogP contribution in [0.4, 0.5) is 0 Å². The first-order valence-corrected chi connectivity index (χ1v) is 8.15. The van der Waals surface area contributed by atoms with Crippen molar-refractivity contribution < 1.29 is 9.84 Å². The predicted molar refractivity (Wildman–Crippen MR) is 82.1 cm³/mol. The lowest BCUT2D eigenvalue weighted by Crippen LogP contribution is -2.34. The Balaban J connectivity index is 1.55. The summed E-state index contributed by atoms with van der Waals surface area (Å²) in [4.78, 5) is 2.25. The van der Waals surface area contributed by atoms with Gasteiger partial charge in [0, 0.05) is 19.6 Å². The maximum Gasteiger partial charge on any atom is 0.174 e. The van der Waals surface area contributed by atoms with E-state index in [1.54, 1.807) is 11.3 Å². The highest BCUT2D eigenvalue weighted by molar-refractivity contribution is 7.12. The standard InChI is InChI=1S/C16H21NO2S/c18-14-5-4-8-17(11-14)10-13-9-16(20-12-13)19-15-6-2-1-3-7-15/h2,4-6,9,12,14-15,18H,1,3,7-8,10-11H2/t14?,15-/m1/s1. The van der Waals surface area contributed by atoms with Crippen LogP contribution in [0.2, 0.25) is 0 Å². The van der Waals surface area contributed by atoms with Crippen molar-refractivity contribution in [3.05, 3.63) is 41.3 Å². The molecule has 0 spiro atoms. The molecular formula is C16H21NO2S. The van der Waals surface area contributed by atoms with Gasteiger partial charge in [-0.25, -0.2) is 0 Å². The summed E-state index contributed by atoms with van der Waals surface area (Å²) in [5.41, 5.74) is 1.27. The topological polar surface area (TPSA) is 32.7 Å². The fraction of sp³-hybridized carbons (Fsp3) is 0.500. The van der Waals surface area contributed by atoms with Crippen LogP contribution in [0, 0.1) is 0 Å². The quantitative estimate of drug-likeness (QED) is 0.866. The largest absolute Gasteiger partial charge is 0.477 e. The third-order valence-electron chi connectivity index (χ3n) is 3.68. The Morgan fingerprint density at radius 1 is 1.35 bits per heavy atom. The molecule has 0 fully saturated rings. The van der Waals surface area contributed by atoms with Crippen molar-refractivity contribution in [2.45, 2.75) is 38.0 Å². The van der Waals surface area contributed by atoms with Gasteiger partial charge in [-0.05, 0) is 42.3 Å². The number of aliphatic hydroxyl groups is 1. The molecule has 3 nitrogen and oxygen atoms in total. The van der Waals surface area contributed by atoms with Crippen molar-refractivity contribution in [2.24, 2.45) is 0 Å². The summed E-state index contributed by atoms with van der Waals surface area (Å²) >= 11 is 1.67. The molecule has 20 heavy (non-hydrogen) atoms. The zero-order valence-corrected chi connectivity index (χ0v) is 12.4. The van der Waals surface area contributed by atoms with Crippen LogP contribution >= 0.6 is 11.3 Å². The SMILES string of the molecule is OC1C=CCN(Cc2csc(O[C@@H]3C=CCCC3)c2)C1. The van der Waals surface area contributed by atoms with Crippen LogP contribution in [0.25, 0.3) is 0 Å². The summed E-state index contributed by atoms with van der Waals surface area (Å²) < 4.78 is 6.00. The van der Waals surface area contributed by atoms with E-state index >= 15 is 0 Å². The van der Waals surface area contributed by atoms with Crippen molar-refractivity contribution in [2.75, 3.05) is 13.1 Å². The molecule has 108 valence electrons. The summed E-state index contributed by atoms with van der Waals surface area (Å²) in [6, 6.07) is 2.14. The molecule has 2 heterocycles. The molecule has 2 aliphatic rings. The molecule has 1 aliphatic heterocycles. The molecule has 0 aromatic carbocycles. The number of nitrogens with zero attached hydrogens (tertiary/aromatic N) is 1. The van der Waals surface area contributed by atoms with Gasteiger partial charge in [-0.15, -0.1) is 11.3 Å². The van der Waals surface area contributed by atoms with Crippen molar-refractivity contribution in [3.8, 4) is 5.06 Å². The number of aliphatic hydroxyl groups excluding tert-OH is 1. The minimum atomic E-state index is -0.328. The highest BCUT2D eigenvalue weighted by Gasteiger charge is 2.15. The van der Waals surface area contributed by atoms with Crippen molar-refractivity contribution in [1.82, 2.24) is 4.90 Å². The van der Waals surface area contributed by atoms with E-state index in [4.69, 9.17) is 4.74 Å². The monoisotopic (exact) mass is 291 g/mol. The van der Waals surface area contributed by atoms with Gasteiger partial charge in [0.2, 0.25) is 0 Å². The molecule has 0 saturated heterocycles. The minimum Gasteiger partial charge on any atom is -0.477 e. The Bertz CT molecular complexity index is 494. The van der Waals surface area contributed by atoms with E-state index < -0.39 is 0 Å². The second-order valence-electron chi connectivity index (χ2n) is 5.48.